The molecule has 7 heteroatoms. The quantitative estimate of drug-likeness (QED) is 0.893. The third-order valence-electron chi connectivity index (χ3n) is 4.39. The first-order valence-corrected chi connectivity index (χ1v) is 7.99. The minimum Gasteiger partial charge on any atom is -0.496 e. The van der Waals surface area contributed by atoms with Gasteiger partial charge in [0.05, 0.1) is 7.11 Å². The number of para-hydroxylation sites is 1. The van der Waals surface area contributed by atoms with Crippen LogP contribution in [-0.4, -0.2) is 49.8 Å². The summed E-state index contributed by atoms with van der Waals surface area (Å²) in [4.78, 5) is 13.3. The lowest BCUT2D eigenvalue weighted by Crippen LogP contribution is -2.54. The Balaban J connectivity index is 1.81. The van der Waals surface area contributed by atoms with Gasteiger partial charge in [0.2, 0.25) is 5.91 Å². The average Bonchev–Trinajstić information content (AvgIpc) is 2.52. The maximum absolute atomic E-state index is 12.8. The van der Waals surface area contributed by atoms with Crippen LogP contribution in [0.3, 0.4) is 0 Å². The molecule has 1 aliphatic heterocycles. The number of nitrogens with zero attached hydrogens (tertiary/aromatic N) is 1. The highest BCUT2D eigenvalue weighted by atomic mass is 19.4. The maximum atomic E-state index is 12.8. The fourth-order valence-corrected chi connectivity index (χ4v) is 3.13. The number of likely N-dealkylation sites (tertiary alicyclic amines) is 1. The van der Waals surface area contributed by atoms with Crippen LogP contribution in [0.1, 0.15) is 24.8 Å². The zero-order valence-corrected chi connectivity index (χ0v) is 13.9. The molecule has 4 nitrogen and oxygen atoms in total. The SMILES string of the molecule is COc1ccccc1CCC(=O)N[C@@H]1CC[C@@H](C(F)(F)F)N(C)C1. The van der Waals surface area contributed by atoms with Gasteiger partial charge >= 0.3 is 6.18 Å². The Morgan fingerprint density at radius 2 is 2.04 bits per heavy atom. The van der Waals surface area contributed by atoms with Crippen molar-refractivity contribution in [2.45, 2.75) is 43.9 Å². The van der Waals surface area contributed by atoms with Gasteiger partial charge in [0, 0.05) is 19.0 Å². The van der Waals surface area contributed by atoms with E-state index >= 15 is 0 Å². The highest BCUT2D eigenvalue weighted by Crippen LogP contribution is 2.30. The number of carbonyl (C=O) groups is 1. The first-order valence-electron chi connectivity index (χ1n) is 7.99. The smallest absolute Gasteiger partial charge is 0.404 e. The zero-order chi connectivity index (χ0) is 17.7. The van der Waals surface area contributed by atoms with Gasteiger partial charge in [0.1, 0.15) is 11.8 Å². The number of halogens is 3. The summed E-state index contributed by atoms with van der Waals surface area (Å²) < 4.78 is 43.7. The summed E-state index contributed by atoms with van der Waals surface area (Å²) in [6, 6.07) is 5.81. The van der Waals surface area contributed by atoms with E-state index in [2.05, 4.69) is 5.32 Å². The van der Waals surface area contributed by atoms with E-state index in [4.69, 9.17) is 4.74 Å². The van der Waals surface area contributed by atoms with Crippen molar-refractivity contribution < 1.29 is 22.7 Å². The molecule has 1 N–H and O–H groups in total. The molecule has 1 saturated heterocycles. The highest BCUT2D eigenvalue weighted by molar-refractivity contribution is 5.76. The number of hydrogen-bond donors (Lipinski definition) is 1. The molecule has 0 aliphatic carbocycles. The molecular weight excluding hydrogens is 321 g/mol. The second-order valence-electron chi connectivity index (χ2n) is 6.15. The number of likely N-dealkylation sites (N-methyl/N-ethyl adjacent to an activating group) is 1. The van der Waals surface area contributed by atoms with Crippen molar-refractivity contribution in [2.24, 2.45) is 0 Å². The molecule has 2 atom stereocenters. The first-order chi connectivity index (χ1) is 11.3. The number of ether oxygens (including phenoxy) is 1. The van der Waals surface area contributed by atoms with Crippen molar-refractivity contribution in [1.82, 2.24) is 10.2 Å². The number of alkyl halides is 3. The van der Waals surface area contributed by atoms with Gasteiger partial charge in [0.15, 0.2) is 0 Å². The molecule has 1 aromatic rings. The van der Waals surface area contributed by atoms with Gasteiger partial charge in [0.25, 0.3) is 0 Å². The molecule has 0 saturated carbocycles. The van der Waals surface area contributed by atoms with Crippen molar-refractivity contribution >= 4 is 5.91 Å². The van der Waals surface area contributed by atoms with Crippen LogP contribution < -0.4 is 10.1 Å². The number of nitrogens with one attached hydrogen (secondary N) is 1. The van der Waals surface area contributed by atoms with Crippen LogP contribution in [0.15, 0.2) is 24.3 Å². The van der Waals surface area contributed by atoms with Crippen molar-refractivity contribution in [3.8, 4) is 5.75 Å². The number of hydrogen-bond acceptors (Lipinski definition) is 3. The Morgan fingerprint density at radius 3 is 2.67 bits per heavy atom. The fourth-order valence-electron chi connectivity index (χ4n) is 3.13. The predicted octanol–water partition coefficient (Wildman–Crippen LogP) is 2.77. The lowest BCUT2D eigenvalue weighted by molar-refractivity contribution is -0.188. The molecule has 0 spiro atoms. The Kier molecular flexibility index (Phi) is 6.10. The van der Waals surface area contributed by atoms with Crippen LogP contribution in [0.25, 0.3) is 0 Å². The second-order valence-corrected chi connectivity index (χ2v) is 6.15. The van der Waals surface area contributed by atoms with E-state index in [-0.39, 0.29) is 31.3 Å². The van der Waals surface area contributed by atoms with Crippen LogP contribution in [0.5, 0.6) is 5.75 Å². The van der Waals surface area contributed by atoms with Gasteiger partial charge in [-0.25, -0.2) is 0 Å². The summed E-state index contributed by atoms with van der Waals surface area (Å²) in [5.74, 6) is 0.584. The molecule has 0 unspecified atom stereocenters. The lowest BCUT2D eigenvalue weighted by Gasteiger charge is -2.38. The van der Waals surface area contributed by atoms with Crippen molar-refractivity contribution in [3.63, 3.8) is 0 Å². The van der Waals surface area contributed by atoms with Crippen molar-refractivity contribution in [3.05, 3.63) is 29.8 Å². The maximum Gasteiger partial charge on any atom is 0.404 e. The number of aryl methyl sites for hydroxylation is 1. The first kappa shape index (κ1) is 18.6. The van der Waals surface area contributed by atoms with Gasteiger partial charge in [-0.1, -0.05) is 18.2 Å². The largest absolute Gasteiger partial charge is 0.496 e. The second kappa shape index (κ2) is 7.88. The fraction of sp³-hybridized carbons (Fsp3) is 0.588. The Hall–Kier alpha value is -1.76. The number of carbonyl (C=O) groups excluding carboxylic acids is 1. The Morgan fingerprint density at radius 1 is 1.33 bits per heavy atom. The number of rotatable bonds is 5. The zero-order valence-electron chi connectivity index (χ0n) is 13.9. The Labute approximate surface area is 140 Å². The molecule has 24 heavy (non-hydrogen) atoms. The number of benzene rings is 1. The van der Waals surface area contributed by atoms with Crippen molar-refractivity contribution in [2.75, 3.05) is 20.7 Å². The van der Waals surface area contributed by atoms with Gasteiger partial charge in [-0.3, -0.25) is 9.69 Å². The molecule has 1 aliphatic rings. The molecule has 134 valence electrons. The number of piperidine rings is 1. The summed E-state index contributed by atoms with van der Waals surface area (Å²) in [7, 11) is 3.03. The third kappa shape index (κ3) is 4.87. The van der Waals surface area contributed by atoms with Crippen molar-refractivity contribution in [1.29, 1.82) is 0 Å². The third-order valence-corrected chi connectivity index (χ3v) is 4.39. The van der Waals surface area contributed by atoms with E-state index in [1.54, 1.807) is 7.11 Å². The lowest BCUT2D eigenvalue weighted by atomic mass is 9.98. The van der Waals surface area contributed by atoms with Gasteiger partial charge in [-0.2, -0.15) is 13.2 Å². The number of methoxy groups -OCH3 is 1. The standard InChI is InChI=1S/C17H23F3N2O2/c1-22-11-13(8-9-15(22)17(18,19)20)21-16(23)10-7-12-5-3-4-6-14(12)24-2/h3-6,13,15H,7-11H2,1-2H3,(H,21,23)/t13-,15+/m1/s1. The Bertz CT molecular complexity index is 563. The normalized spacial score (nSPS) is 22.2. The minimum absolute atomic E-state index is 0.0114. The van der Waals surface area contributed by atoms with Crippen LogP contribution in [0, 0.1) is 0 Å². The summed E-state index contributed by atoms with van der Waals surface area (Å²) in [5.41, 5.74) is 0.938. The molecule has 1 aromatic carbocycles. The summed E-state index contributed by atoms with van der Waals surface area (Å²) in [5, 5.41) is 2.84. The topological polar surface area (TPSA) is 41.6 Å². The van der Waals surface area contributed by atoms with E-state index in [9.17, 15) is 18.0 Å². The molecule has 1 fully saturated rings. The van der Waals surface area contributed by atoms with Gasteiger partial charge < -0.3 is 10.1 Å². The predicted molar refractivity (Wildman–Crippen MR) is 85.0 cm³/mol. The summed E-state index contributed by atoms with van der Waals surface area (Å²) in [6.07, 6.45) is -3.05. The van der Waals surface area contributed by atoms with Gasteiger partial charge in [-0.15, -0.1) is 0 Å². The van der Waals surface area contributed by atoms with E-state index in [0.29, 0.717) is 12.8 Å². The van der Waals surface area contributed by atoms with Crippen LogP contribution >= 0.6 is 0 Å². The van der Waals surface area contributed by atoms with Crippen LogP contribution in [0.2, 0.25) is 0 Å². The van der Waals surface area contributed by atoms with Gasteiger partial charge in [-0.05, 0) is 37.9 Å². The molecule has 1 heterocycles. The molecule has 0 radical (unpaired) electrons. The number of amides is 1. The van der Waals surface area contributed by atoms with Crippen LogP contribution in [-0.2, 0) is 11.2 Å². The summed E-state index contributed by atoms with van der Waals surface area (Å²) in [6.45, 7) is 0.213. The average molecular weight is 344 g/mol. The minimum atomic E-state index is -4.21. The molecule has 0 aromatic heterocycles. The summed E-state index contributed by atoms with van der Waals surface area (Å²) >= 11 is 0. The highest BCUT2D eigenvalue weighted by Gasteiger charge is 2.44. The molecule has 1 amide bonds. The molecule has 0 bridgehead atoms. The van der Waals surface area contributed by atoms with E-state index < -0.39 is 12.2 Å². The van der Waals surface area contributed by atoms with Crippen LogP contribution in [0.4, 0.5) is 13.2 Å². The van der Waals surface area contributed by atoms with E-state index in [1.807, 2.05) is 24.3 Å². The van der Waals surface area contributed by atoms with E-state index in [0.717, 1.165) is 11.3 Å². The van der Waals surface area contributed by atoms with E-state index in [1.165, 1.54) is 11.9 Å². The monoisotopic (exact) mass is 344 g/mol. The molecular formula is C17H23F3N2O2. The molecule has 2 rings (SSSR count).